The average Bonchev–Trinajstić information content (AvgIpc) is 3.90. The van der Waals surface area contributed by atoms with Gasteiger partial charge in [-0.15, -0.1) is 22.7 Å². The predicted molar refractivity (Wildman–Crippen MR) is 216 cm³/mol. The molecule has 10 heteroatoms. The maximum atomic E-state index is 12.5. The van der Waals surface area contributed by atoms with Crippen LogP contribution in [0.5, 0.6) is 0 Å². The molecule has 0 aliphatic carbocycles. The molecule has 0 unspecified atom stereocenters. The second-order valence-corrected chi connectivity index (χ2v) is 14.8. The predicted octanol–water partition coefficient (Wildman–Crippen LogP) is 10.5. The Bertz CT molecular complexity index is 2560. The molecule has 8 rings (SSSR count). The summed E-state index contributed by atoms with van der Waals surface area (Å²) in [6.45, 7) is 12.6. The minimum Gasteiger partial charge on any atom is -0.364 e. The van der Waals surface area contributed by atoms with Crippen molar-refractivity contribution >= 4 is 61.4 Å². The Morgan fingerprint density at radius 3 is 1.83 bits per heavy atom. The summed E-state index contributed by atoms with van der Waals surface area (Å²) in [7, 11) is 0. The zero-order chi connectivity index (χ0) is 36.7. The molecule has 0 bridgehead atoms. The number of para-hydroxylation sites is 2. The molecule has 4 aromatic heterocycles. The van der Waals surface area contributed by atoms with Gasteiger partial charge in [-0.05, 0) is 82.0 Å². The van der Waals surface area contributed by atoms with Crippen molar-refractivity contribution in [3.63, 3.8) is 0 Å². The Balaban J connectivity index is 0.000000162. The Hall–Kier alpha value is -5.84. The van der Waals surface area contributed by atoms with E-state index < -0.39 is 5.91 Å². The maximum Gasteiger partial charge on any atom is 0.273 e. The van der Waals surface area contributed by atoms with Crippen LogP contribution in [0.3, 0.4) is 0 Å². The van der Waals surface area contributed by atoms with Gasteiger partial charge >= 0.3 is 0 Å². The summed E-state index contributed by atoms with van der Waals surface area (Å²) in [6, 6.07) is 26.1. The van der Waals surface area contributed by atoms with Gasteiger partial charge in [0, 0.05) is 49.3 Å². The number of anilines is 1. The first-order valence-electron chi connectivity index (χ1n) is 16.8. The summed E-state index contributed by atoms with van der Waals surface area (Å²) < 4.78 is 0. The number of carbonyl (C=O) groups excluding carboxylic acids is 2. The summed E-state index contributed by atoms with van der Waals surface area (Å²) in [5.74, 6) is -0.657. The largest absolute Gasteiger partial charge is 0.364 e. The zero-order valence-corrected chi connectivity index (χ0v) is 31.4. The normalized spacial score (nSPS) is 11.1. The molecule has 0 radical (unpaired) electrons. The molecule has 8 nitrogen and oxygen atoms in total. The summed E-state index contributed by atoms with van der Waals surface area (Å²) in [6.07, 6.45) is 0. The molecule has 52 heavy (non-hydrogen) atoms. The molecule has 0 atom stereocenters. The fourth-order valence-electron chi connectivity index (χ4n) is 7.03. The lowest BCUT2D eigenvalue weighted by atomic mass is 9.98. The molecule has 0 saturated carbocycles. The van der Waals surface area contributed by atoms with Crippen LogP contribution < -0.4 is 11.1 Å². The molecular formula is C42H38N6O2S2. The van der Waals surface area contributed by atoms with E-state index in [1.54, 1.807) is 0 Å². The van der Waals surface area contributed by atoms with Crippen molar-refractivity contribution in [1.82, 2.24) is 19.9 Å². The first-order valence-corrected chi connectivity index (χ1v) is 18.6. The number of benzene rings is 4. The van der Waals surface area contributed by atoms with E-state index in [-0.39, 0.29) is 5.91 Å². The Labute approximate surface area is 309 Å². The van der Waals surface area contributed by atoms with Crippen LogP contribution in [0.15, 0.2) is 89.6 Å². The average molecular weight is 723 g/mol. The van der Waals surface area contributed by atoms with Crippen LogP contribution >= 0.6 is 22.7 Å². The Morgan fingerprint density at radius 1 is 0.654 bits per heavy atom. The van der Waals surface area contributed by atoms with Crippen molar-refractivity contribution in [3.8, 4) is 33.1 Å². The molecule has 0 saturated heterocycles. The number of thiazole rings is 2. The molecular weight excluding hydrogens is 685 g/mol. The van der Waals surface area contributed by atoms with Crippen molar-refractivity contribution in [2.45, 2.75) is 41.5 Å². The molecule has 0 aliphatic heterocycles. The molecule has 8 aromatic rings. The van der Waals surface area contributed by atoms with E-state index in [2.05, 4.69) is 86.1 Å². The van der Waals surface area contributed by atoms with Crippen molar-refractivity contribution in [2.75, 3.05) is 5.32 Å². The number of nitrogens with two attached hydrogens (primary N) is 1. The SMILES string of the molecule is Cc1cc(C)c(-c2csc(-c3c(C(N)=O)[nH]c4ccccc34)n2)c(C)c1.Cc1cc(C)c(-c2csc(NC(=O)c3cc4ccccc4[nH]3)n2)c(C)c1. The standard InChI is InChI=1S/2C21H19N3OS/c1-12-8-13(2)19(14(3)9-12)18-11-26-21(23-18)24-20(25)17-10-15-6-4-5-7-16(15)22-17;1-11-8-12(2)17(13(3)9-11)16-10-26-21(24-16)18-14-6-4-5-7-15(14)23-19(18)20(22)25/h4-11,22H,1-3H3,(H,23,24,25);4-10,23H,1-3H3,(H2,22,25). The lowest BCUT2D eigenvalue weighted by Crippen LogP contribution is -2.12. The third kappa shape index (κ3) is 6.78. The number of fused-ring (bicyclic) bond motifs is 2. The van der Waals surface area contributed by atoms with E-state index in [4.69, 9.17) is 10.7 Å². The Kier molecular flexibility index (Phi) is 9.35. The highest BCUT2D eigenvalue weighted by molar-refractivity contribution is 7.14. The molecule has 5 N–H and O–H groups in total. The minimum absolute atomic E-state index is 0.181. The fourth-order valence-corrected chi connectivity index (χ4v) is 8.60. The number of carbonyl (C=O) groups is 2. The van der Waals surface area contributed by atoms with Gasteiger partial charge in [-0.3, -0.25) is 14.9 Å². The first kappa shape index (κ1) is 34.6. The van der Waals surface area contributed by atoms with E-state index in [9.17, 15) is 9.59 Å². The number of hydrogen-bond acceptors (Lipinski definition) is 6. The van der Waals surface area contributed by atoms with Gasteiger partial charge in [-0.1, -0.05) is 71.8 Å². The van der Waals surface area contributed by atoms with Crippen LogP contribution in [0.2, 0.25) is 0 Å². The minimum atomic E-state index is -0.476. The van der Waals surface area contributed by atoms with Gasteiger partial charge < -0.3 is 15.7 Å². The van der Waals surface area contributed by atoms with Gasteiger partial charge in [0.2, 0.25) is 0 Å². The van der Waals surface area contributed by atoms with Crippen LogP contribution in [-0.2, 0) is 0 Å². The van der Waals surface area contributed by atoms with Crippen LogP contribution in [0.4, 0.5) is 5.13 Å². The van der Waals surface area contributed by atoms with E-state index in [0.717, 1.165) is 54.9 Å². The van der Waals surface area contributed by atoms with E-state index in [1.165, 1.54) is 56.1 Å². The highest BCUT2D eigenvalue weighted by atomic mass is 32.1. The second-order valence-electron chi connectivity index (χ2n) is 13.1. The van der Waals surface area contributed by atoms with Gasteiger partial charge in [0.1, 0.15) is 16.4 Å². The second kappa shape index (κ2) is 14.1. The molecule has 0 spiro atoms. The third-order valence-electron chi connectivity index (χ3n) is 9.04. The number of aromatic nitrogens is 4. The number of rotatable bonds is 6. The van der Waals surface area contributed by atoms with Gasteiger partial charge in [0.25, 0.3) is 11.8 Å². The molecule has 0 aliphatic rings. The smallest absolute Gasteiger partial charge is 0.273 e. The number of aryl methyl sites for hydroxylation is 6. The fraction of sp³-hybridized carbons (Fsp3) is 0.143. The van der Waals surface area contributed by atoms with Crippen LogP contribution in [0.1, 0.15) is 54.4 Å². The summed E-state index contributed by atoms with van der Waals surface area (Å²) in [4.78, 5) is 40.2. The number of aromatic amines is 2. The number of amides is 2. The lowest BCUT2D eigenvalue weighted by molar-refractivity contribution is 0.0994. The summed E-state index contributed by atoms with van der Waals surface area (Å²) in [5.41, 5.74) is 20.6. The van der Waals surface area contributed by atoms with E-state index in [0.29, 0.717) is 16.5 Å². The van der Waals surface area contributed by atoms with E-state index >= 15 is 0 Å². The number of hydrogen-bond donors (Lipinski definition) is 4. The lowest BCUT2D eigenvalue weighted by Gasteiger charge is -2.08. The summed E-state index contributed by atoms with van der Waals surface area (Å²) in [5, 5.41) is 10.3. The Morgan fingerprint density at radius 2 is 1.21 bits per heavy atom. The van der Waals surface area contributed by atoms with Gasteiger partial charge in [0.05, 0.1) is 11.4 Å². The molecule has 4 aromatic carbocycles. The van der Waals surface area contributed by atoms with Gasteiger partial charge in [0.15, 0.2) is 5.13 Å². The molecule has 0 fully saturated rings. The molecule has 260 valence electrons. The molecule has 2 amide bonds. The summed E-state index contributed by atoms with van der Waals surface area (Å²) >= 11 is 2.97. The number of nitrogens with one attached hydrogen (secondary N) is 3. The van der Waals surface area contributed by atoms with Crippen LogP contribution in [-0.4, -0.2) is 31.8 Å². The number of primary amides is 1. The quantitative estimate of drug-likeness (QED) is 0.136. The zero-order valence-electron chi connectivity index (χ0n) is 29.8. The highest BCUT2D eigenvalue weighted by Gasteiger charge is 2.21. The van der Waals surface area contributed by atoms with Crippen molar-refractivity contribution in [2.24, 2.45) is 5.73 Å². The van der Waals surface area contributed by atoms with Crippen molar-refractivity contribution in [1.29, 1.82) is 0 Å². The van der Waals surface area contributed by atoms with Crippen molar-refractivity contribution in [3.05, 3.63) is 134 Å². The van der Waals surface area contributed by atoms with E-state index in [1.807, 2.05) is 65.4 Å². The topological polar surface area (TPSA) is 130 Å². The highest BCUT2D eigenvalue weighted by Crippen LogP contribution is 2.38. The monoisotopic (exact) mass is 722 g/mol. The maximum absolute atomic E-state index is 12.5. The number of nitrogens with zero attached hydrogens (tertiary/aromatic N) is 2. The van der Waals surface area contributed by atoms with Gasteiger partial charge in [-0.2, -0.15) is 0 Å². The third-order valence-corrected chi connectivity index (χ3v) is 10.7. The van der Waals surface area contributed by atoms with Gasteiger partial charge in [-0.25, -0.2) is 9.97 Å². The van der Waals surface area contributed by atoms with Crippen LogP contribution in [0, 0.1) is 41.5 Å². The number of H-pyrrole nitrogens is 2. The first-order chi connectivity index (χ1) is 25.0. The van der Waals surface area contributed by atoms with Crippen LogP contribution in [0.25, 0.3) is 54.9 Å². The van der Waals surface area contributed by atoms with Crippen molar-refractivity contribution < 1.29 is 9.59 Å². The molecule has 4 heterocycles.